The predicted octanol–water partition coefficient (Wildman–Crippen LogP) is 0.790. The van der Waals surface area contributed by atoms with Gasteiger partial charge in [0.2, 0.25) is 5.91 Å². The lowest BCUT2D eigenvalue weighted by molar-refractivity contribution is -0.118. The fraction of sp³-hybridized carbons (Fsp3) is 0.409. The molecule has 1 unspecified atom stereocenters. The molecule has 4 N–H and O–H groups in total. The molecule has 5 nitrogen and oxygen atoms in total. The third-order valence-corrected chi connectivity index (χ3v) is 6.00. The Balaban J connectivity index is 1.50. The van der Waals surface area contributed by atoms with Crippen LogP contribution in [0.3, 0.4) is 0 Å². The van der Waals surface area contributed by atoms with Gasteiger partial charge in [-0.15, -0.1) is 0 Å². The molecule has 0 radical (unpaired) electrons. The minimum atomic E-state index is 0.112. The molecule has 1 atom stereocenters. The summed E-state index contributed by atoms with van der Waals surface area (Å²) in [5.41, 5.74) is 4.73. The second-order valence-electron chi connectivity index (χ2n) is 7.87. The number of rotatable bonds is 3. The molecule has 1 aromatic carbocycles. The summed E-state index contributed by atoms with van der Waals surface area (Å²) in [4.78, 5) is 11.7. The summed E-state index contributed by atoms with van der Waals surface area (Å²) in [6, 6.07) is 5.17. The van der Waals surface area contributed by atoms with Crippen LogP contribution in [-0.4, -0.2) is 31.6 Å². The van der Waals surface area contributed by atoms with Crippen LogP contribution >= 0.6 is 0 Å². The van der Waals surface area contributed by atoms with E-state index >= 15 is 0 Å². The lowest BCUT2D eigenvalue weighted by Gasteiger charge is -2.26. The van der Waals surface area contributed by atoms with Gasteiger partial charge < -0.3 is 21.3 Å². The number of amides is 1. The van der Waals surface area contributed by atoms with Crippen LogP contribution < -0.4 is 31.7 Å². The predicted molar refractivity (Wildman–Crippen MR) is 108 cm³/mol. The molecule has 27 heavy (non-hydrogen) atoms. The molecule has 0 aromatic heterocycles. The van der Waals surface area contributed by atoms with Gasteiger partial charge >= 0.3 is 0 Å². The van der Waals surface area contributed by atoms with Crippen LogP contribution in [0.4, 0.5) is 5.69 Å². The lowest BCUT2D eigenvalue weighted by Crippen LogP contribution is -2.40. The van der Waals surface area contributed by atoms with E-state index in [-0.39, 0.29) is 5.91 Å². The third-order valence-electron chi connectivity index (χ3n) is 6.00. The summed E-state index contributed by atoms with van der Waals surface area (Å²) >= 11 is 0. The highest BCUT2D eigenvalue weighted by molar-refractivity contribution is 5.87. The van der Waals surface area contributed by atoms with Crippen LogP contribution in [0.15, 0.2) is 35.6 Å². The average Bonchev–Trinajstić information content (AvgIpc) is 3.08. The van der Waals surface area contributed by atoms with Crippen molar-refractivity contribution in [3.05, 3.63) is 51.6 Å². The molecule has 1 aromatic rings. The highest BCUT2D eigenvalue weighted by atomic mass is 16.1. The van der Waals surface area contributed by atoms with Gasteiger partial charge in [-0.3, -0.25) is 4.79 Å². The number of hydrogen-bond donors (Lipinski definition) is 4. The quantitative estimate of drug-likeness (QED) is 0.642. The Morgan fingerprint density at radius 2 is 2.00 bits per heavy atom. The van der Waals surface area contributed by atoms with Crippen molar-refractivity contribution < 1.29 is 4.79 Å². The molecule has 1 aliphatic carbocycles. The number of carbonyl (C=O) groups is 1. The number of anilines is 1. The molecular formula is C22H26N4O. The van der Waals surface area contributed by atoms with Crippen LogP contribution in [0, 0.1) is 0 Å². The van der Waals surface area contributed by atoms with Gasteiger partial charge in [0.1, 0.15) is 0 Å². The highest BCUT2D eigenvalue weighted by Crippen LogP contribution is 2.33. The molecule has 2 saturated heterocycles. The SMILES string of the molecule is O=C1CC2=CC(c3cc(NC4CCNCC4)c4c(c3)=CCNC=4)CC=C2N1. The zero-order chi connectivity index (χ0) is 18.2. The van der Waals surface area contributed by atoms with E-state index in [0.29, 0.717) is 18.4 Å². The van der Waals surface area contributed by atoms with Crippen molar-refractivity contribution >= 4 is 23.9 Å². The smallest absolute Gasteiger partial charge is 0.228 e. The number of hydrogen-bond acceptors (Lipinski definition) is 4. The van der Waals surface area contributed by atoms with Crippen molar-refractivity contribution in [2.45, 2.75) is 37.6 Å². The fourth-order valence-electron chi connectivity index (χ4n) is 4.54. The van der Waals surface area contributed by atoms with Crippen molar-refractivity contribution in [2.75, 3.05) is 25.0 Å². The number of carbonyl (C=O) groups excluding carboxylic acids is 1. The van der Waals surface area contributed by atoms with Crippen LogP contribution in [0.1, 0.15) is 37.2 Å². The Morgan fingerprint density at radius 1 is 1.11 bits per heavy atom. The van der Waals surface area contributed by atoms with Crippen LogP contribution in [-0.2, 0) is 4.79 Å². The Labute approximate surface area is 159 Å². The Bertz CT molecular complexity index is 953. The summed E-state index contributed by atoms with van der Waals surface area (Å²) in [5, 5.41) is 16.1. The van der Waals surface area contributed by atoms with Gasteiger partial charge in [-0.05, 0) is 54.8 Å². The minimum absolute atomic E-state index is 0.112. The second-order valence-corrected chi connectivity index (χ2v) is 7.87. The van der Waals surface area contributed by atoms with Crippen molar-refractivity contribution in [1.29, 1.82) is 0 Å². The number of fused-ring (bicyclic) bond motifs is 2. The molecule has 1 amide bonds. The van der Waals surface area contributed by atoms with E-state index in [1.54, 1.807) is 0 Å². The molecule has 0 bridgehead atoms. The summed E-state index contributed by atoms with van der Waals surface area (Å²) in [6.45, 7) is 3.03. The molecule has 0 saturated carbocycles. The van der Waals surface area contributed by atoms with Crippen LogP contribution in [0.2, 0.25) is 0 Å². The second kappa shape index (κ2) is 6.89. The monoisotopic (exact) mass is 362 g/mol. The molecular weight excluding hydrogens is 336 g/mol. The number of allylic oxidation sites excluding steroid dienone is 3. The summed E-state index contributed by atoms with van der Waals surface area (Å²) < 4.78 is 0. The molecule has 5 rings (SSSR count). The van der Waals surface area contributed by atoms with Crippen molar-refractivity contribution in [1.82, 2.24) is 16.0 Å². The van der Waals surface area contributed by atoms with Gasteiger partial charge in [-0.25, -0.2) is 0 Å². The molecule has 0 spiro atoms. The van der Waals surface area contributed by atoms with Gasteiger partial charge in [0.15, 0.2) is 0 Å². The van der Waals surface area contributed by atoms with Gasteiger partial charge in [-0.2, -0.15) is 0 Å². The molecule has 3 aliphatic heterocycles. The van der Waals surface area contributed by atoms with Gasteiger partial charge in [0.25, 0.3) is 0 Å². The Kier molecular flexibility index (Phi) is 4.24. The molecule has 5 heteroatoms. The van der Waals surface area contributed by atoms with Crippen molar-refractivity contribution in [3.63, 3.8) is 0 Å². The molecule has 140 valence electrons. The zero-order valence-corrected chi connectivity index (χ0v) is 15.5. The van der Waals surface area contributed by atoms with Crippen LogP contribution in [0.5, 0.6) is 0 Å². The summed E-state index contributed by atoms with van der Waals surface area (Å²) in [7, 11) is 0. The van der Waals surface area contributed by atoms with E-state index in [4.69, 9.17) is 0 Å². The minimum Gasteiger partial charge on any atom is -0.387 e. The first kappa shape index (κ1) is 16.6. The maximum Gasteiger partial charge on any atom is 0.228 e. The first-order chi connectivity index (χ1) is 13.3. The largest absolute Gasteiger partial charge is 0.387 e. The van der Waals surface area contributed by atoms with E-state index in [9.17, 15) is 4.79 Å². The van der Waals surface area contributed by atoms with E-state index in [2.05, 4.69) is 57.8 Å². The molecule has 3 heterocycles. The maximum atomic E-state index is 11.7. The van der Waals surface area contributed by atoms with E-state index in [1.807, 2.05) is 0 Å². The van der Waals surface area contributed by atoms with Crippen molar-refractivity contribution in [2.24, 2.45) is 0 Å². The van der Waals surface area contributed by atoms with Gasteiger partial charge in [0.05, 0.1) is 6.42 Å². The Morgan fingerprint density at radius 3 is 2.89 bits per heavy atom. The first-order valence-corrected chi connectivity index (χ1v) is 10.0. The molecule has 2 fully saturated rings. The topological polar surface area (TPSA) is 65.2 Å². The van der Waals surface area contributed by atoms with Gasteiger partial charge in [-0.1, -0.05) is 24.3 Å². The summed E-state index contributed by atoms with van der Waals surface area (Å²) in [5.74, 6) is 0.444. The van der Waals surface area contributed by atoms with Crippen molar-refractivity contribution in [3.8, 4) is 0 Å². The number of piperidine rings is 1. The van der Waals surface area contributed by atoms with E-state index in [1.165, 1.54) is 21.7 Å². The number of benzene rings is 1. The molecule has 4 aliphatic rings. The normalized spacial score (nSPS) is 24.3. The number of nitrogens with one attached hydrogen (secondary N) is 4. The Hall–Kier alpha value is -2.53. The van der Waals surface area contributed by atoms with E-state index < -0.39 is 0 Å². The van der Waals surface area contributed by atoms with Crippen LogP contribution in [0.25, 0.3) is 12.3 Å². The lowest BCUT2D eigenvalue weighted by atomic mass is 9.87. The average molecular weight is 362 g/mol. The van der Waals surface area contributed by atoms with Gasteiger partial charge in [0, 0.05) is 41.3 Å². The fourth-order valence-corrected chi connectivity index (χ4v) is 4.54. The highest BCUT2D eigenvalue weighted by Gasteiger charge is 2.26. The zero-order valence-electron chi connectivity index (χ0n) is 15.5. The third kappa shape index (κ3) is 3.28. The van der Waals surface area contributed by atoms with E-state index in [0.717, 1.165) is 50.2 Å². The first-order valence-electron chi connectivity index (χ1n) is 10.0. The maximum absolute atomic E-state index is 11.7. The standard InChI is InChI=1S/C22H26N4O/c27-22-12-17-9-14(1-2-20(17)26-22)16-10-15-3-6-24-13-19(15)21(11-16)25-18-4-7-23-8-5-18/h2-3,9-11,13-14,18,23-25H,1,4-8,12H2,(H,26,27). The summed E-state index contributed by atoms with van der Waals surface area (Å²) in [6.07, 6.45) is 12.6.